The zero-order valence-corrected chi connectivity index (χ0v) is 17.7. The molecule has 2 aromatic rings. The summed E-state index contributed by atoms with van der Waals surface area (Å²) < 4.78 is 5.77. The largest absolute Gasteiger partial charge is 0.375 e. The molecule has 1 saturated heterocycles. The third-order valence-electron chi connectivity index (χ3n) is 5.07. The summed E-state index contributed by atoms with van der Waals surface area (Å²) in [5, 5.41) is 3.20. The number of Topliss-reactive ketones (excluding diaryl/α,β-unsaturated/α-hetero) is 1. The van der Waals surface area contributed by atoms with Crippen molar-refractivity contribution in [2.24, 2.45) is 0 Å². The monoisotopic (exact) mass is 432 g/mol. The van der Waals surface area contributed by atoms with Crippen LogP contribution in [0.15, 0.2) is 30.3 Å². The number of rotatable bonds is 7. The minimum absolute atomic E-state index is 0.143. The molecule has 2 heterocycles. The molecule has 2 atom stereocenters. The molecule has 9 heteroatoms. The fourth-order valence-electron chi connectivity index (χ4n) is 3.47. The van der Waals surface area contributed by atoms with Gasteiger partial charge >= 0.3 is 0 Å². The number of imidazole rings is 1. The summed E-state index contributed by atoms with van der Waals surface area (Å²) in [6, 6.07) is 8.14. The standard InChI is InChI=1S/C21H25ClN4O4/c1-3-14-18(22)25-19(23-14)20(28)24-15-10-11-26(12-16(15)30-4-2)21(29)17(27)13-8-6-5-7-9-13/h5-9,15-16H,3-4,10-12H2,1-2H3,(H,23,25)(H,24,28)/t15-,16+/m1/s1. The summed E-state index contributed by atoms with van der Waals surface area (Å²) in [7, 11) is 0. The Morgan fingerprint density at radius 2 is 2.00 bits per heavy atom. The first-order chi connectivity index (χ1) is 14.4. The summed E-state index contributed by atoms with van der Waals surface area (Å²) in [6.07, 6.45) is 0.659. The Hall–Kier alpha value is -2.71. The molecule has 1 aliphatic heterocycles. The highest BCUT2D eigenvalue weighted by molar-refractivity contribution is 6.42. The third kappa shape index (κ3) is 4.88. The number of piperidine rings is 1. The molecular formula is C21H25ClN4O4. The van der Waals surface area contributed by atoms with Crippen molar-refractivity contribution < 1.29 is 19.1 Å². The molecule has 8 nitrogen and oxygen atoms in total. The van der Waals surface area contributed by atoms with E-state index in [0.29, 0.717) is 37.3 Å². The van der Waals surface area contributed by atoms with Gasteiger partial charge in [-0.2, -0.15) is 0 Å². The molecule has 0 bridgehead atoms. The first-order valence-electron chi connectivity index (χ1n) is 10.00. The number of carbonyl (C=O) groups excluding carboxylic acids is 3. The lowest BCUT2D eigenvalue weighted by Crippen LogP contribution is -2.57. The molecule has 0 radical (unpaired) electrons. The average molecular weight is 433 g/mol. The number of H-pyrrole nitrogens is 1. The van der Waals surface area contributed by atoms with Crippen LogP contribution in [0.2, 0.25) is 5.15 Å². The van der Waals surface area contributed by atoms with Crippen molar-refractivity contribution >= 4 is 29.2 Å². The highest BCUT2D eigenvalue weighted by Crippen LogP contribution is 2.18. The lowest BCUT2D eigenvalue weighted by molar-refractivity contribution is -0.131. The van der Waals surface area contributed by atoms with Gasteiger partial charge in [0.15, 0.2) is 11.0 Å². The predicted octanol–water partition coefficient (Wildman–Crippen LogP) is 2.24. The predicted molar refractivity (Wildman–Crippen MR) is 112 cm³/mol. The molecule has 2 N–H and O–H groups in total. The molecule has 1 aromatic heterocycles. The number of halogens is 1. The van der Waals surface area contributed by atoms with Gasteiger partial charge in [0.1, 0.15) is 0 Å². The van der Waals surface area contributed by atoms with Crippen LogP contribution < -0.4 is 5.32 Å². The second kappa shape index (κ2) is 9.86. The number of ether oxygens (including phenoxy) is 1. The Bertz CT molecular complexity index is 915. The van der Waals surface area contributed by atoms with Crippen molar-refractivity contribution in [2.45, 2.75) is 38.8 Å². The van der Waals surface area contributed by atoms with E-state index >= 15 is 0 Å². The maximum absolute atomic E-state index is 12.7. The number of benzene rings is 1. The number of nitrogens with one attached hydrogen (secondary N) is 2. The zero-order valence-electron chi connectivity index (χ0n) is 17.0. The van der Waals surface area contributed by atoms with Gasteiger partial charge < -0.3 is 19.9 Å². The van der Waals surface area contributed by atoms with Gasteiger partial charge in [-0.05, 0) is 19.8 Å². The van der Waals surface area contributed by atoms with Crippen LogP contribution in [0.5, 0.6) is 0 Å². The Morgan fingerprint density at radius 3 is 2.63 bits per heavy atom. The third-order valence-corrected chi connectivity index (χ3v) is 5.38. The fraction of sp³-hybridized carbons (Fsp3) is 0.429. The number of ketones is 1. The van der Waals surface area contributed by atoms with Crippen molar-refractivity contribution in [1.82, 2.24) is 20.2 Å². The Morgan fingerprint density at radius 1 is 1.27 bits per heavy atom. The van der Waals surface area contributed by atoms with Crippen molar-refractivity contribution in [3.8, 4) is 0 Å². The quantitative estimate of drug-likeness (QED) is 0.515. The second-order valence-corrected chi connectivity index (χ2v) is 7.38. The molecular weight excluding hydrogens is 408 g/mol. The van der Waals surface area contributed by atoms with Crippen LogP contribution in [-0.4, -0.2) is 64.3 Å². The van der Waals surface area contributed by atoms with Gasteiger partial charge in [0.25, 0.3) is 11.8 Å². The van der Waals surface area contributed by atoms with E-state index in [2.05, 4.69) is 15.3 Å². The number of nitrogens with zero attached hydrogens (tertiary/aromatic N) is 2. The molecule has 0 unspecified atom stereocenters. The molecule has 3 rings (SSSR count). The van der Waals surface area contributed by atoms with E-state index in [0.717, 1.165) is 0 Å². The summed E-state index contributed by atoms with van der Waals surface area (Å²) >= 11 is 6.02. The molecule has 1 fully saturated rings. The lowest BCUT2D eigenvalue weighted by atomic mass is 10.00. The number of carbonyl (C=O) groups is 3. The Labute approximate surface area is 180 Å². The summed E-state index contributed by atoms with van der Waals surface area (Å²) in [5.74, 6) is -1.36. The van der Waals surface area contributed by atoms with E-state index in [1.807, 2.05) is 13.8 Å². The van der Waals surface area contributed by atoms with Crippen LogP contribution in [0.4, 0.5) is 0 Å². The summed E-state index contributed by atoms with van der Waals surface area (Å²) in [4.78, 5) is 46.2. The fourth-order valence-corrected chi connectivity index (χ4v) is 3.74. The first-order valence-corrected chi connectivity index (χ1v) is 10.4. The van der Waals surface area contributed by atoms with Gasteiger partial charge in [0.05, 0.1) is 17.8 Å². The van der Waals surface area contributed by atoms with E-state index in [1.54, 1.807) is 30.3 Å². The van der Waals surface area contributed by atoms with Crippen LogP contribution in [0, 0.1) is 0 Å². The molecule has 2 amide bonds. The molecule has 0 spiro atoms. The maximum atomic E-state index is 12.7. The second-order valence-electron chi connectivity index (χ2n) is 7.02. The topological polar surface area (TPSA) is 104 Å². The first kappa shape index (κ1) is 22.0. The lowest BCUT2D eigenvalue weighted by Gasteiger charge is -2.38. The van der Waals surface area contributed by atoms with Crippen molar-refractivity contribution in [1.29, 1.82) is 0 Å². The number of aromatic amines is 1. The summed E-state index contributed by atoms with van der Waals surface area (Å²) in [5.41, 5.74) is 1.05. The molecule has 0 saturated carbocycles. The van der Waals surface area contributed by atoms with E-state index in [9.17, 15) is 14.4 Å². The minimum Gasteiger partial charge on any atom is -0.375 e. The van der Waals surface area contributed by atoms with Gasteiger partial charge in [-0.25, -0.2) is 4.98 Å². The number of likely N-dealkylation sites (tertiary alicyclic amines) is 1. The number of hydrogen-bond acceptors (Lipinski definition) is 5. The van der Waals surface area contributed by atoms with Crippen LogP contribution in [-0.2, 0) is 16.0 Å². The maximum Gasteiger partial charge on any atom is 0.295 e. The molecule has 0 aliphatic carbocycles. The van der Waals surface area contributed by atoms with E-state index in [1.165, 1.54) is 4.90 Å². The van der Waals surface area contributed by atoms with Gasteiger partial charge in [-0.3, -0.25) is 14.4 Å². The molecule has 160 valence electrons. The van der Waals surface area contributed by atoms with Crippen LogP contribution >= 0.6 is 11.6 Å². The number of aromatic nitrogens is 2. The number of amides is 2. The highest BCUT2D eigenvalue weighted by atomic mass is 35.5. The molecule has 30 heavy (non-hydrogen) atoms. The minimum atomic E-state index is -0.568. The van der Waals surface area contributed by atoms with E-state index in [-0.39, 0.29) is 29.5 Å². The Balaban J connectivity index is 1.66. The van der Waals surface area contributed by atoms with Crippen molar-refractivity contribution in [3.05, 3.63) is 52.6 Å². The van der Waals surface area contributed by atoms with Gasteiger partial charge in [-0.1, -0.05) is 48.9 Å². The highest BCUT2D eigenvalue weighted by Gasteiger charge is 2.35. The molecule has 1 aromatic carbocycles. The number of hydrogen-bond donors (Lipinski definition) is 2. The van der Waals surface area contributed by atoms with Crippen LogP contribution in [0.25, 0.3) is 0 Å². The van der Waals surface area contributed by atoms with Crippen LogP contribution in [0.3, 0.4) is 0 Å². The zero-order chi connectivity index (χ0) is 21.7. The van der Waals surface area contributed by atoms with Gasteiger partial charge in [-0.15, -0.1) is 0 Å². The van der Waals surface area contributed by atoms with E-state index < -0.39 is 17.8 Å². The van der Waals surface area contributed by atoms with E-state index in [4.69, 9.17) is 16.3 Å². The summed E-state index contributed by atoms with van der Waals surface area (Å²) in [6.45, 7) is 4.73. The van der Waals surface area contributed by atoms with Gasteiger partial charge in [0, 0.05) is 25.3 Å². The molecule has 1 aliphatic rings. The van der Waals surface area contributed by atoms with Crippen LogP contribution in [0.1, 0.15) is 46.9 Å². The SMILES string of the molecule is CCO[C@H]1CN(C(=O)C(=O)c2ccccc2)CC[C@H]1NC(=O)c1nc(Cl)c(CC)[nH]1. The van der Waals surface area contributed by atoms with Crippen molar-refractivity contribution in [2.75, 3.05) is 19.7 Å². The number of aryl methyl sites for hydroxylation is 1. The van der Waals surface area contributed by atoms with Gasteiger partial charge in [0.2, 0.25) is 5.78 Å². The Kier molecular flexibility index (Phi) is 7.23. The smallest absolute Gasteiger partial charge is 0.295 e. The van der Waals surface area contributed by atoms with Crippen molar-refractivity contribution in [3.63, 3.8) is 0 Å². The normalized spacial score (nSPS) is 18.8. The average Bonchev–Trinajstić information content (AvgIpc) is 3.15.